The third-order valence-corrected chi connectivity index (χ3v) is 7.19. The highest BCUT2D eigenvalue weighted by Crippen LogP contribution is 2.38. The van der Waals surface area contributed by atoms with Crippen molar-refractivity contribution in [1.29, 1.82) is 0 Å². The molecule has 11 nitrogen and oxygen atoms in total. The molecule has 2 atom stereocenters. The molecule has 4 heterocycles. The molecule has 192 valence electrons. The van der Waals surface area contributed by atoms with E-state index >= 15 is 0 Å². The summed E-state index contributed by atoms with van der Waals surface area (Å²) < 4.78 is 16.9. The molecule has 2 fully saturated rings. The Morgan fingerprint density at radius 2 is 2.11 bits per heavy atom. The van der Waals surface area contributed by atoms with Gasteiger partial charge in [-0.25, -0.2) is 14.2 Å². The van der Waals surface area contributed by atoms with Crippen molar-refractivity contribution in [3.05, 3.63) is 46.3 Å². The van der Waals surface area contributed by atoms with E-state index in [9.17, 15) is 9.18 Å². The van der Waals surface area contributed by atoms with E-state index in [1.54, 1.807) is 6.07 Å². The number of halogens is 1. The van der Waals surface area contributed by atoms with Crippen molar-refractivity contribution in [2.24, 2.45) is 0 Å². The summed E-state index contributed by atoms with van der Waals surface area (Å²) in [5, 5.41) is 23.3. The van der Waals surface area contributed by atoms with Crippen LogP contribution in [0.4, 0.5) is 21.8 Å². The lowest BCUT2D eigenvalue weighted by Crippen LogP contribution is -2.55. The molecule has 3 aromatic rings. The Bertz CT molecular complexity index is 1300. The van der Waals surface area contributed by atoms with Crippen LogP contribution in [0.1, 0.15) is 45.1 Å². The van der Waals surface area contributed by atoms with Crippen LogP contribution < -0.4 is 16.3 Å². The first kappa shape index (κ1) is 24.3. The van der Waals surface area contributed by atoms with Crippen LogP contribution in [0.5, 0.6) is 0 Å². The Labute approximate surface area is 208 Å². The molecule has 3 N–H and O–H groups in total. The number of rotatable bonds is 7. The quantitative estimate of drug-likeness (QED) is 0.450. The molecule has 2 aromatic heterocycles. The van der Waals surface area contributed by atoms with Gasteiger partial charge in [-0.3, -0.25) is 4.90 Å². The molecule has 0 bridgehead atoms. The molecule has 0 unspecified atom stereocenters. The number of aliphatic hydroxyl groups excluding tert-OH is 1. The molecular formula is C24H32FN9O2. The normalized spacial score (nSPS) is 21.4. The molecule has 0 aliphatic carbocycles. The van der Waals surface area contributed by atoms with Gasteiger partial charge in [0.2, 0.25) is 5.95 Å². The zero-order chi connectivity index (χ0) is 25.4. The standard InChI is InChI=1S/C24H32FN9O2/c1-15-6-7-16(12-20(15)34-23(36)33(9-10-35)30-31-34)28-22-26-14-19(25)21(29-22)27-17-11-18-5-4-8-32(18)24(2,3)13-17/h6-7,12,14,17-18,35H,4-5,8-11,13H2,1-3H3,(H2,26,27,28,29)/t17-,18-/m1/s1. The molecular weight excluding hydrogens is 465 g/mol. The second-order valence-corrected chi connectivity index (χ2v) is 10.2. The van der Waals surface area contributed by atoms with E-state index in [1.165, 1.54) is 17.5 Å². The molecule has 5 rings (SSSR count). The fraction of sp³-hybridized carbons (Fsp3) is 0.542. The zero-order valence-corrected chi connectivity index (χ0v) is 20.8. The highest BCUT2D eigenvalue weighted by Gasteiger charge is 2.43. The van der Waals surface area contributed by atoms with Crippen LogP contribution in [-0.4, -0.2) is 70.5 Å². The van der Waals surface area contributed by atoms with Crippen molar-refractivity contribution >= 4 is 17.5 Å². The van der Waals surface area contributed by atoms with E-state index in [0.717, 1.165) is 35.8 Å². The fourth-order valence-corrected chi connectivity index (χ4v) is 5.55. The molecule has 0 saturated carbocycles. The minimum absolute atomic E-state index is 0.0527. The predicted octanol–water partition coefficient (Wildman–Crippen LogP) is 2.22. The van der Waals surface area contributed by atoms with Gasteiger partial charge in [0.15, 0.2) is 11.6 Å². The van der Waals surface area contributed by atoms with Crippen LogP contribution in [0, 0.1) is 12.7 Å². The monoisotopic (exact) mass is 497 g/mol. The largest absolute Gasteiger partial charge is 0.394 e. The summed E-state index contributed by atoms with van der Waals surface area (Å²) in [6, 6.07) is 6.01. The van der Waals surface area contributed by atoms with Crippen LogP contribution in [0.2, 0.25) is 0 Å². The van der Waals surface area contributed by atoms with Crippen LogP contribution in [0.15, 0.2) is 29.2 Å². The van der Waals surface area contributed by atoms with Crippen molar-refractivity contribution in [2.75, 3.05) is 23.8 Å². The maximum absolute atomic E-state index is 14.7. The number of aryl methyl sites for hydroxylation is 1. The van der Waals surface area contributed by atoms with Gasteiger partial charge in [-0.1, -0.05) is 6.07 Å². The lowest BCUT2D eigenvalue weighted by atomic mass is 9.84. The van der Waals surface area contributed by atoms with Gasteiger partial charge in [0.05, 0.1) is 25.0 Å². The van der Waals surface area contributed by atoms with Gasteiger partial charge in [-0.15, -0.1) is 0 Å². The Morgan fingerprint density at radius 1 is 1.28 bits per heavy atom. The third kappa shape index (κ3) is 4.70. The summed E-state index contributed by atoms with van der Waals surface area (Å²) >= 11 is 0. The Morgan fingerprint density at radius 3 is 2.92 bits per heavy atom. The van der Waals surface area contributed by atoms with Crippen molar-refractivity contribution in [3.8, 4) is 5.69 Å². The number of hydrogen-bond donors (Lipinski definition) is 3. The number of hydrogen-bond acceptors (Lipinski definition) is 9. The van der Waals surface area contributed by atoms with Gasteiger partial charge in [0.25, 0.3) is 0 Å². The minimum Gasteiger partial charge on any atom is -0.394 e. The summed E-state index contributed by atoms with van der Waals surface area (Å²) in [5.74, 6) is -0.0818. The molecule has 2 saturated heterocycles. The summed E-state index contributed by atoms with van der Waals surface area (Å²) in [7, 11) is 0. The molecule has 0 radical (unpaired) electrons. The number of fused-ring (bicyclic) bond motifs is 1. The van der Waals surface area contributed by atoms with Gasteiger partial charge < -0.3 is 15.7 Å². The van der Waals surface area contributed by atoms with Gasteiger partial charge in [0, 0.05) is 23.3 Å². The molecule has 12 heteroatoms. The van der Waals surface area contributed by atoms with Crippen LogP contribution in [0.3, 0.4) is 0 Å². The zero-order valence-electron chi connectivity index (χ0n) is 20.8. The molecule has 1 aromatic carbocycles. The van der Waals surface area contributed by atoms with Gasteiger partial charge in [0.1, 0.15) is 0 Å². The van der Waals surface area contributed by atoms with Gasteiger partial charge in [-0.2, -0.15) is 14.3 Å². The number of nitrogens with zero attached hydrogens (tertiary/aromatic N) is 7. The van der Waals surface area contributed by atoms with Crippen LogP contribution >= 0.6 is 0 Å². The molecule has 36 heavy (non-hydrogen) atoms. The van der Waals surface area contributed by atoms with Crippen molar-refractivity contribution in [2.45, 2.75) is 70.6 Å². The van der Waals surface area contributed by atoms with E-state index in [-0.39, 0.29) is 36.5 Å². The van der Waals surface area contributed by atoms with E-state index < -0.39 is 11.5 Å². The number of nitrogens with one attached hydrogen (secondary N) is 2. The lowest BCUT2D eigenvalue weighted by Gasteiger charge is -2.47. The van der Waals surface area contributed by atoms with Crippen molar-refractivity contribution in [1.82, 2.24) is 34.7 Å². The first-order valence-corrected chi connectivity index (χ1v) is 12.3. The average Bonchev–Trinajstić information content (AvgIpc) is 3.45. The number of piperidine rings is 1. The molecule has 2 aliphatic rings. The molecule has 2 aliphatic heterocycles. The van der Waals surface area contributed by atoms with Crippen molar-refractivity contribution in [3.63, 3.8) is 0 Å². The first-order valence-electron chi connectivity index (χ1n) is 12.3. The van der Waals surface area contributed by atoms with Gasteiger partial charge >= 0.3 is 5.69 Å². The highest BCUT2D eigenvalue weighted by atomic mass is 19.1. The lowest BCUT2D eigenvalue weighted by molar-refractivity contribution is 0.0500. The third-order valence-electron chi connectivity index (χ3n) is 7.19. The smallest absolute Gasteiger partial charge is 0.368 e. The number of tetrazole rings is 1. The number of aliphatic hydroxyl groups is 1. The van der Waals surface area contributed by atoms with E-state index in [4.69, 9.17) is 5.11 Å². The summed E-state index contributed by atoms with van der Waals surface area (Å²) in [6.07, 6.45) is 5.41. The number of benzene rings is 1. The van der Waals surface area contributed by atoms with Gasteiger partial charge in [-0.05, 0) is 81.1 Å². The summed E-state index contributed by atoms with van der Waals surface area (Å²) in [5.41, 5.74) is 1.54. The molecule has 0 spiro atoms. The maximum atomic E-state index is 14.7. The van der Waals surface area contributed by atoms with Crippen LogP contribution in [0.25, 0.3) is 5.69 Å². The Balaban J connectivity index is 1.35. The van der Waals surface area contributed by atoms with Crippen LogP contribution in [-0.2, 0) is 6.54 Å². The Kier molecular flexibility index (Phi) is 6.47. The van der Waals surface area contributed by atoms with E-state index in [0.29, 0.717) is 17.4 Å². The number of anilines is 3. The van der Waals surface area contributed by atoms with Crippen molar-refractivity contribution < 1.29 is 9.50 Å². The highest BCUT2D eigenvalue weighted by molar-refractivity contribution is 5.60. The summed E-state index contributed by atoms with van der Waals surface area (Å²) in [4.78, 5) is 23.7. The average molecular weight is 498 g/mol. The predicted molar refractivity (Wildman–Crippen MR) is 133 cm³/mol. The first-order chi connectivity index (χ1) is 17.2. The summed E-state index contributed by atoms with van der Waals surface area (Å²) in [6.45, 7) is 7.34. The maximum Gasteiger partial charge on any atom is 0.368 e. The van der Waals surface area contributed by atoms with E-state index in [2.05, 4.69) is 49.8 Å². The minimum atomic E-state index is -0.496. The van der Waals surface area contributed by atoms with E-state index in [1.807, 2.05) is 19.1 Å². The Hall–Kier alpha value is -3.38. The second kappa shape index (κ2) is 9.58. The topological polar surface area (TPSA) is 126 Å². The fourth-order valence-electron chi connectivity index (χ4n) is 5.55. The molecule has 0 amide bonds. The second-order valence-electron chi connectivity index (χ2n) is 10.2. The number of aromatic nitrogens is 6. The SMILES string of the molecule is Cc1ccc(Nc2ncc(F)c(N[C@@H]3C[C@H]4CCCN4C(C)(C)C3)n2)cc1-n1nnn(CCO)c1=O.